The Morgan fingerprint density at radius 3 is 2.91 bits per heavy atom. The first-order valence-corrected chi connectivity index (χ1v) is 8.96. The zero-order chi connectivity index (χ0) is 45.9. The van der Waals surface area contributed by atoms with E-state index in [-0.39, 0.29) is 0 Å². The molecule has 9 heteroatoms. The van der Waals surface area contributed by atoms with Crippen molar-refractivity contribution in [1.29, 1.82) is 0 Å². The lowest BCUT2D eigenvalue weighted by molar-refractivity contribution is -0.136. The molecule has 5 rings (SSSR count). The molecule has 2 aromatic rings. The van der Waals surface area contributed by atoms with Gasteiger partial charge in [-0.3, -0.25) is 24.6 Å². The largest absolute Gasteiger partial charge is 0.488 e. The van der Waals surface area contributed by atoms with Crippen LogP contribution in [0.4, 0.5) is 4.39 Å². The van der Waals surface area contributed by atoms with Gasteiger partial charge in [0.05, 0.1) is 40.2 Å². The molecule has 178 valence electrons. The Morgan fingerprint density at radius 2 is 2.09 bits per heavy atom. The van der Waals surface area contributed by atoms with Gasteiger partial charge in [-0.25, -0.2) is 4.39 Å². The average molecular weight is 493 g/mol. The zero-order valence-corrected chi connectivity index (χ0v) is 16.3. The van der Waals surface area contributed by atoms with Crippen LogP contribution in [-0.4, -0.2) is 59.7 Å². The van der Waals surface area contributed by atoms with Gasteiger partial charge in [-0.05, 0) is 30.1 Å². The van der Waals surface area contributed by atoms with E-state index in [1.54, 1.807) is 0 Å². The number of benzene rings is 2. The first-order valence-electron chi connectivity index (χ1n) is 21.5. The summed E-state index contributed by atoms with van der Waals surface area (Å²) in [7, 11) is 0. The molecule has 3 amide bonds. The van der Waals surface area contributed by atoms with Crippen molar-refractivity contribution in [3.8, 4) is 5.75 Å². The minimum Gasteiger partial charge on any atom is -0.488 e. The molecular weight excluding hydrogens is 441 g/mol. The van der Waals surface area contributed by atoms with Crippen LogP contribution in [0.15, 0.2) is 36.3 Å². The van der Waals surface area contributed by atoms with Gasteiger partial charge in [0, 0.05) is 56.3 Å². The van der Waals surface area contributed by atoms with Gasteiger partial charge in [-0.2, -0.15) is 0 Å². The van der Waals surface area contributed by atoms with Gasteiger partial charge in [0.1, 0.15) is 24.1 Å². The second-order valence-electron chi connectivity index (χ2n) is 6.21. The Balaban J connectivity index is 1.73. The van der Waals surface area contributed by atoms with E-state index in [2.05, 4.69) is 4.74 Å². The van der Waals surface area contributed by atoms with Gasteiger partial charge in [0.15, 0.2) is 0 Å². The molecular formula is C25H26FN3O5. The summed E-state index contributed by atoms with van der Waals surface area (Å²) in [6, 6.07) is -13.9. The molecule has 0 bridgehead atoms. The van der Waals surface area contributed by atoms with E-state index in [1.807, 2.05) is 0 Å². The Kier molecular flexibility index (Phi) is 2.13. The van der Waals surface area contributed by atoms with Crippen molar-refractivity contribution in [1.82, 2.24) is 15.1 Å². The Hall–Kier alpha value is -3.30. The normalized spacial score (nSPS) is 45.0. The van der Waals surface area contributed by atoms with Crippen LogP contribution < -0.4 is 10.1 Å². The minimum atomic E-state index is -4.18. The van der Waals surface area contributed by atoms with Crippen molar-refractivity contribution in [3.05, 3.63) is 64.3 Å². The predicted molar refractivity (Wildman–Crippen MR) is 119 cm³/mol. The fraction of sp³-hybridized carbons (Fsp3) is 0.400. The van der Waals surface area contributed by atoms with E-state index >= 15 is 4.39 Å². The number of nitrogens with one attached hydrogen (secondary N) is 1. The van der Waals surface area contributed by atoms with Gasteiger partial charge in [-0.1, -0.05) is 18.1 Å². The molecule has 1 N–H and O–H groups in total. The number of hydrogen-bond acceptors (Lipinski definition) is 6. The number of fused-ring (bicyclic) bond motifs is 1. The Bertz CT molecular complexity index is 2200. The van der Waals surface area contributed by atoms with Crippen LogP contribution in [-0.2, 0) is 33.9 Å². The molecule has 3 aliphatic heterocycles. The van der Waals surface area contributed by atoms with Gasteiger partial charge < -0.3 is 14.4 Å². The molecule has 3 aliphatic rings. The smallest absolute Gasteiger partial charge is 0.255 e. The third kappa shape index (κ3) is 4.53. The molecule has 3 heterocycles. The highest BCUT2D eigenvalue weighted by molar-refractivity contribution is 6.05. The number of ether oxygens (including phenoxy) is 2. The second-order valence-corrected chi connectivity index (χ2v) is 6.21. The lowest BCUT2D eigenvalue weighted by Gasteiger charge is -2.29. The zero-order valence-electron chi connectivity index (χ0n) is 41.3. The fourth-order valence-electron chi connectivity index (χ4n) is 2.66. The van der Waals surface area contributed by atoms with Crippen molar-refractivity contribution in [2.75, 3.05) is 26.1 Å². The minimum absolute atomic E-state index is 0.603. The van der Waals surface area contributed by atoms with Crippen molar-refractivity contribution in [2.45, 2.75) is 38.3 Å². The van der Waals surface area contributed by atoms with Gasteiger partial charge in [0.2, 0.25) is 11.8 Å². The van der Waals surface area contributed by atoms with Crippen molar-refractivity contribution < 1.29 is 62.5 Å². The monoisotopic (exact) mass is 492 g/mol. The molecule has 2 aromatic carbocycles. The highest BCUT2D eigenvalue weighted by Crippen LogP contribution is 2.34. The first kappa shape index (κ1) is 7.60. The number of carbonyl (C=O) groups is 3. The molecule has 0 radical (unpaired) electrons. The van der Waals surface area contributed by atoms with E-state index in [9.17, 15) is 14.4 Å². The van der Waals surface area contributed by atoms with Gasteiger partial charge >= 0.3 is 0 Å². The van der Waals surface area contributed by atoms with E-state index < -0.39 is 162 Å². The topological polar surface area (TPSA) is 88.2 Å². The quantitative estimate of drug-likeness (QED) is 0.621. The predicted octanol–water partition coefficient (Wildman–Crippen LogP) is 2.00. The molecule has 1 atom stereocenters. The summed E-state index contributed by atoms with van der Waals surface area (Å²) < 4.78 is 233. The number of halogens is 1. The molecule has 0 aromatic heterocycles. The van der Waals surface area contributed by atoms with Crippen molar-refractivity contribution in [2.24, 2.45) is 0 Å². The number of piperidine rings is 1. The van der Waals surface area contributed by atoms with Crippen LogP contribution in [0.25, 0.3) is 0 Å². The van der Waals surface area contributed by atoms with E-state index in [1.165, 1.54) is 5.32 Å². The Labute approximate surface area is 231 Å². The molecule has 8 nitrogen and oxygen atoms in total. The standard InChI is InChI=1S/C25H26FN3O5/c26-20-12-16(13-28-8-10-33-11-9-28)4-5-17(20)15-34-22-3-1-2-18-19(22)14-29(25(18)32)21-6-7-23(30)27-24(21)31/h1-5,12,21H,6-11,13-15H2,(H,27,30,31)/i1D,2D,3D,4D,5D,6D2,7D2,8D2,9D2,10D2,11D2,12D,13D2,14D2,15D2,21D. The number of morpholine rings is 1. The Morgan fingerprint density at radius 1 is 1.26 bits per heavy atom. The summed E-state index contributed by atoms with van der Waals surface area (Å²) in [5.74, 6) is -10.1. The summed E-state index contributed by atoms with van der Waals surface area (Å²) in [6.45, 7) is -28.2. The van der Waals surface area contributed by atoms with Crippen molar-refractivity contribution >= 4 is 17.7 Å². The summed E-state index contributed by atoms with van der Waals surface area (Å²) in [5, 5.41) is 1.30. The maximum Gasteiger partial charge on any atom is 0.255 e. The van der Waals surface area contributed by atoms with Crippen LogP contribution in [0.1, 0.15) is 74.1 Å². The number of imide groups is 1. The lowest BCUT2D eigenvalue weighted by atomic mass is 10.0. The van der Waals surface area contributed by atoms with Crippen LogP contribution in [0.2, 0.25) is 0 Å². The third-order valence-electron chi connectivity index (χ3n) is 4.10. The molecule has 0 saturated carbocycles. The van der Waals surface area contributed by atoms with E-state index in [0.29, 0.717) is 0 Å². The molecule has 34 heavy (non-hydrogen) atoms. The highest BCUT2D eigenvalue weighted by atomic mass is 19.1. The fourth-order valence-corrected chi connectivity index (χ4v) is 2.66. The van der Waals surface area contributed by atoms with E-state index in [4.69, 9.17) is 39.0 Å². The number of hydrogen-bond donors (Lipinski definition) is 1. The number of carbonyl (C=O) groups excluding carboxylic acids is 3. The van der Waals surface area contributed by atoms with Crippen LogP contribution >= 0.6 is 0 Å². The van der Waals surface area contributed by atoms with E-state index in [0.717, 1.165) is 0 Å². The number of rotatable bonds is 6. The summed E-state index contributed by atoms with van der Waals surface area (Å²) in [5.41, 5.74) is -6.62. The summed E-state index contributed by atoms with van der Waals surface area (Å²) in [6.07, 6.45) is -7.99. The number of nitrogens with zero attached hydrogens (tertiary/aromatic N) is 2. The highest BCUT2D eigenvalue weighted by Gasteiger charge is 2.40. The summed E-state index contributed by atoms with van der Waals surface area (Å²) in [4.78, 5) is 37.8. The maximum atomic E-state index is 16.3. The lowest BCUT2D eigenvalue weighted by Crippen LogP contribution is -2.52. The van der Waals surface area contributed by atoms with Crippen LogP contribution in [0.3, 0.4) is 0 Å². The molecule has 0 spiro atoms. The molecule has 2 saturated heterocycles. The molecule has 2 fully saturated rings. The summed E-state index contributed by atoms with van der Waals surface area (Å²) >= 11 is 0. The number of amides is 3. The molecule has 1 unspecified atom stereocenters. The first-order chi connectivity index (χ1) is 26.1. The maximum absolute atomic E-state index is 16.3. The van der Waals surface area contributed by atoms with Crippen LogP contribution in [0, 0.1) is 5.82 Å². The van der Waals surface area contributed by atoms with Crippen molar-refractivity contribution in [3.63, 3.8) is 0 Å². The second kappa shape index (κ2) is 9.52. The SMILES string of the molecule is [2H]c1c([2H])c(OC([2H])([2H])c2c([2H])c([2H])c(C([2H])([2H])N3C([2H])([2H])C([2H])([2H])OC([2H])([2H])C3([2H])[2H])c([2H])c2F)c2c(c1[2H])C(=O)N(C1([2H])C(=O)NC(=O)C([2H])([2H])C1([2H])[2H])C2([2H])[2H]. The van der Waals surface area contributed by atoms with Crippen LogP contribution in [0.5, 0.6) is 5.75 Å². The van der Waals surface area contributed by atoms with Gasteiger partial charge in [0.25, 0.3) is 5.91 Å². The average Bonchev–Trinajstić information content (AvgIpc) is 3.26. The molecule has 0 aliphatic carbocycles. The third-order valence-corrected chi connectivity index (χ3v) is 4.10. The van der Waals surface area contributed by atoms with Gasteiger partial charge in [-0.15, -0.1) is 0 Å².